The van der Waals surface area contributed by atoms with E-state index in [9.17, 15) is 4.79 Å². The number of anilines is 1. The minimum Gasteiger partial charge on any atom is -0.368 e. The molecule has 0 saturated heterocycles. The monoisotopic (exact) mass is 300 g/mol. The van der Waals surface area contributed by atoms with Crippen LogP contribution >= 0.6 is 0 Å². The second-order valence-electron chi connectivity index (χ2n) is 5.53. The molecule has 1 aliphatic rings. The Morgan fingerprint density at radius 3 is 2.95 bits per heavy atom. The maximum Gasteiger partial charge on any atom is 0.220 e. The van der Waals surface area contributed by atoms with Gasteiger partial charge in [0.1, 0.15) is 11.6 Å². The number of hydrogen-bond acceptors (Lipinski definition) is 5. The summed E-state index contributed by atoms with van der Waals surface area (Å²) in [7, 11) is 0. The molecule has 0 radical (unpaired) electrons. The first-order chi connectivity index (χ1) is 10.7. The molecule has 1 amide bonds. The Hall–Kier alpha value is -2.44. The van der Waals surface area contributed by atoms with Crippen LogP contribution in [0.2, 0.25) is 0 Å². The van der Waals surface area contributed by atoms with Crippen LogP contribution in [0.5, 0.6) is 0 Å². The van der Waals surface area contributed by atoms with E-state index in [4.69, 9.17) is 0 Å². The standard InChI is InChI=1S/C15H20N6O/c1-11-19-13(10-14(20-11)21-8-2-5-18-21)16-6-7-17-15(22)9-12-3-4-12/h2,5,8,10,12H,3-4,6-7,9H2,1H3,(H,17,22)(H,16,19,20). The lowest BCUT2D eigenvalue weighted by Crippen LogP contribution is -2.29. The van der Waals surface area contributed by atoms with E-state index < -0.39 is 0 Å². The van der Waals surface area contributed by atoms with E-state index in [1.165, 1.54) is 12.8 Å². The zero-order chi connectivity index (χ0) is 15.4. The molecule has 0 spiro atoms. The molecule has 2 aromatic rings. The van der Waals surface area contributed by atoms with Gasteiger partial charge in [-0.3, -0.25) is 4.79 Å². The van der Waals surface area contributed by atoms with E-state index in [2.05, 4.69) is 25.7 Å². The third kappa shape index (κ3) is 4.03. The Balaban J connectivity index is 1.50. The summed E-state index contributed by atoms with van der Waals surface area (Å²) in [4.78, 5) is 20.3. The number of hydrogen-bond donors (Lipinski definition) is 2. The number of rotatable bonds is 7. The molecule has 2 aromatic heterocycles. The molecule has 3 rings (SSSR count). The van der Waals surface area contributed by atoms with Gasteiger partial charge < -0.3 is 10.6 Å². The van der Waals surface area contributed by atoms with Crippen molar-refractivity contribution in [3.8, 4) is 5.82 Å². The summed E-state index contributed by atoms with van der Waals surface area (Å²) in [6.45, 7) is 3.06. The van der Waals surface area contributed by atoms with Gasteiger partial charge in [-0.25, -0.2) is 14.6 Å². The second kappa shape index (κ2) is 6.55. The fourth-order valence-electron chi connectivity index (χ4n) is 2.21. The highest BCUT2D eigenvalue weighted by Crippen LogP contribution is 2.31. The summed E-state index contributed by atoms with van der Waals surface area (Å²) in [6.07, 6.45) is 6.60. The van der Waals surface area contributed by atoms with Gasteiger partial charge in [0.15, 0.2) is 5.82 Å². The Labute approximate surface area is 129 Å². The van der Waals surface area contributed by atoms with Crippen molar-refractivity contribution in [2.24, 2.45) is 5.92 Å². The van der Waals surface area contributed by atoms with E-state index in [1.54, 1.807) is 10.9 Å². The van der Waals surface area contributed by atoms with Crippen LogP contribution < -0.4 is 10.6 Å². The average molecular weight is 300 g/mol. The minimum atomic E-state index is 0.139. The number of nitrogens with one attached hydrogen (secondary N) is 2. The summed E-state index contributed by atoms with van der Waals surface area (Å²) >= 11 is 0. The van der Waals surface area contributed by atoms with E-state index >= 15 is 0 Å². The van der Waals surface area contributed by atoms with Crippen LogP contribution in [0, 0.1) is 12.8 Å². The predicted octanol–water partition coefficient (Wildman–Crippen LogP) is 1.30. The zero-order valence-corrected chi connectivity index (χ0v) is 12.6. The van der Waals surface area contributed by atoms with Crippen molar-refractivity contribution in [2.45, 2.75) is 26.2 Å². The van der Waals surface area contributed by atoms with Gasteiger partial charge in [0.05, 0.1) is 0 Å². The van der Waals surface area contributed by atoms with Crippen molar-refractivity contribution < 1.29 is 4.79 Å². The number of aryl methyl sites for hydroxylation is 1. The predicted molar refractivity (Wildman–Crippen MR) is 82.7 cm³/mol. The lowest BCUT2D eigenvalue weighted by molar-refractivity contribution is -0.121. The van der Waals surface area contributed by atoms with Crippen LogP contribution in [0.25, 0.3) is 5.82 Å². The summed E-state index contributed by atoms with van der Waals surface area (Å²) in [5.74, 6) is 2.88. The van der Waals surface area contributed by atoms with Gasteiger partial charge in [-0.15, -0.1) is 0 Å². The highest BCUT2D eigenvalue weighted by atomic mass is 16.1. The van der Waals surface area contributed by atoms with Crippen molar-refractivity contribution in [2.75, 3.05) is 18.4 Å². The number of nitrogens with zero attached hydrogens (tertiary/aromatic N) is 4. The van der Waals surface area contributed by atoms with E-state index in [1.807, 2.05) is 25.3 Å². The van der Waals surface area contributed by atoms with E-state index in [0.29, 0.717) is 31.3 Å². The molecule has 0 unspecified atom stereocenters. The molecule has 1 saturated carbocycles. The fourth-order valence-corrected chi connectivity index (χ4v) is 2.21. The lowest BCUT2D eigenvalue weighted by atomic mass is 10.3. The molecule has 7 nitrogen and oxygen atoms in total. The molecule has 0 aliphatic heterocycles. The van der Waals surface area contributed by atoms with Crippen LogP contribution in [-0.4, -0.2) is 38.7 Å². The summed E-state index contributed by atoms with van der Waals surface area (Å²) < 4.78 is 1.69. The summed E-state index contributed by atoms with van der Waals surface area (Å²) in [6, 6.07) is 3.69. The molecule has 116 valence electrons. The Morgan fingerprint density at radius 2 is 2.23 bits per heavy atom. The largest absolute Gasteiger partial charge is 0.368 e. The van der Waals surface area contributed by atoms with E-state index in [0.717, 1.165) is 11.6 Å². The first-order valence-corrected chi connectivity index (χ1v) is 7.57. The van der Waals surface area contributed by atoms with Crippen molar-refractivity contribution in [3.63, 3.8) is 0 Å². The van der Waals surface area contributed by atoms with Crippen molar-refractivity contribution in [3.05, 3.63) is 30.4 Å². The molecule has 1 aliphatic carbocycles. The zero-order valence-electron chi connectivity index (χ0n) is 12.6. The van der Waals surface area contributed by atoms with Gasteiger partial charge in [-0.1, -0.05) is 0 Å². The quantitative estimate of drug-likeness (QED) is 0.753. The first kappa shape index (κ1) is 14.5. The molecule has 0 aromatic carbocycles. The third-order valence-electron chi connectivity index (χ3n) is 3.49. The highest BCUT2D eigenvalue weighted by molar-refractivity contribution is 5.76. The van der Waals surface area contributed by atoms with Crippen LogP contribution in [0.1, 0.15) is 25.1 Å². The SMILES string of the molecule is Cc1nc(NCCNC(=O)CC2CC2)cc(-n2cccn2)n1. The normalized spacial score (nSPS) is 13.9. The van der Waals surface area contributed by atoms with Crippen molar-refractivity contribution >= 4 is 11.7 Å². The third-order valence-corrected chi connectivity index (χ3v) is 3.49. The van der Waals surface area contributed by atoms with Gasteiger partial charge in [-0.05, 0) is 31.7 Å². The molecule has 22 heavy (non-hydrogen) atoms. The average Bonchev–Trinajstić information content (AvgIpc) is 3.13. The van der Waals surface area contributed by atoms with Gasteiger partial charge in [0, 0.05) is 38.0 Å². The lowest BCUT2D eigenvalue weighted by Gasteiger charge is -2.09. The number of amides is 1. The topological polar surface area (TPSA) is 84.7 Å². The summed E-state index contributed by atoms with van der Waals surface area (Å²) in [5.41, 5.74) is 0. The Kier molecular flexibility index (Phi) is 4.32. The number of carbonyl (C=O) groups excluding carboxylic acids is 1. The van der Waals surface area contributed by atoms with Crippen LogP contribution in [0.3, 0.4) is 0 Å². The molecule has 7 heteroatoms. The van der Waals surface area contributed by atoms with Crippen molar-refractivity contribution in [1.82, 2.24) is 25.1 Å². The Morgan fingerprint density at radius 1 is 1.36 bits per heavy atom. The molecule has 0 atom stereocenters. The molecular formula is C15H20N6O. The molecule has 2 heterocycles. The molecular weight excluding hydrogens is 280 g/mol. The fraction of sp³-hybridized carbons (Fsp3) is 0.467. The number of aromatic nitrogens is 4. The van der Waals surface area contributed by atoms with Crippen LogP contribution in [0.4, 0.5) is 5.82 Å². The highest BCUT2D eigenvalue weighted by Gasteiger charge is 2.23. The maximum absolute atomic E-state index is 11.6. The molecule has 1 fully saturated rings. The van der Waals surface area contributed by atoms with Crippen molar-refractivity contribution in [1.29, 1.82) is 0 Å². The summed E-state index contributed by atoms with van der Waals surface area (Å²) in [5, 5.41) is 10.3. The minimum absolute atomic E-state index is 0.139. The van der Waals surface area contributed by atoms with E-state index in [-0.39, 0.29) is 5.91 Å². The van der Waals surface area contributed by atoms with Gasteiger partial charge in [-0.2, -0.15) is 5.10 Å². The molecule has 2 N–H and O–H groups in total. The smallest absolute Gasteiger partial charge is 0.220 e. The second-order valence-corrected chi connectivity index (χ2v) is 5.53. The van der Waals surface area contributed by atoms with Crippen LogP contribution in [-0.2, 0) is 4.79 Å². The van der Waals surface area contributed by atoms with Crippen LogP contribution in [0.15, 0.2) is 24.5 Å². The first-order valence-electron chi connectivity index (χ1n) is 7.57. The van der Waals surface area contributed by atoms with Gasteiger partial charge >= 0.3 is 0 Å². The molecule has 0 bridgehead atoms. The van der Waals surface area contributed by atoms with Gasteiger partial charge in [0.2, 0.25) is 5.91 Å². The maximum atomic E-state index is 11.6. The number of carbonyl (C=O) groups is 1. The van der Waals surface area contributed by atoms with Gasteiger partial charge in [0.25, 0.3) is 0 Å². The Bertz CT molecular complexity index is 635.